The molecule has 2 nitrogen and oxygen atoms in total. The number of carbonyl (C=O) groups is 1. The Kier molecular flexibility index (Phi) is 7.35. The number of fused-ring (bicyclic) bond motifs is 1. The number of rotatable bonds is 7. The first-order valence-electron chi connectivity index (χ1n) is 10.5. The molecule has 0 fully saturated rings. The van der Waals surface area contributed by atoms with Crippen LogP contribution in [-0.2, 0) is 27.3 Å². The molecular weight excluding hydrogens is 461 g/mol. The predicted molar refractivity (Wildman–Crippen MR) is 126 cm³/mol. The number of benzene rings is 3. The van der Waals surface area contributed by atoms with Crippen molar-refractivity contribution in [2.24, 2.45) is 0 Å². The summed E-state index contributed by atoms with van der Waals surface area (Å²) in [5.41, 5.74) is 7.30. The zero-order chi connectivity index (χ0) is 21.8. The van der Waals surface area contributed by atoms with E-state index in [0.29, 0.717) is 13.0 Å². The molecule has 1 atom stereocenters. The predicted octanol–water partition coefficient (Wildman–Crippen LogP) is 7.34. The molecule has 0 heterocycles. The van der Waals surface area contributed by atoms with Gasteiger partial charge in [-0.2, -0.15) is 0 Å². The average molecular weight is 485 g/mol. The van der Waals surface area contributed by atoms with Crippen LogP contribution in [0.1, 0.15) is 53.5 Å². The minimum atomic E-state index is -2.62. The van der Waals surface area contributed by atoms with Gasteiger partial charge in [0.05, 0.1) is 0 Å². The summed E-state index contributed by atoms with van der Waals surface area (Å²) in [5, 5.41) is 0. The molecule has 4 rings (SSSR count). The third-order valence-electron chi connectivity index (χ3n) is 5.70. The van der Waals surface area contributed by atoms with Crippen molar-refractivity contribution >= 4 is 36.2 Å². The van der Waals surface area contributed by atoms with Gasteiger partial charge in [0, 0.05) is 0 Å². The first-order valence-corrected chi connectivity index (χ1v) is 15.5. The van der Waals surface area contributed by atoms with E-state index in [0.717, 1.165) is 12.0 Å². The van der Waals surface area contributed by atoms with Crippen LogP contribution >= 0.6 is 18.6 Å². The molecule has 0 spiro atoms. The summed E-state index contributed by atoms with van der Waals surface area (Å²) >= 11 is -2.62. The molecule has 0 saturated carbocycles. The molecule has 1 unspecified atom stereocenters. The van der Waals surface area contributed by atoms with Crippen molar-refractivity contribution in [1.82, 2.24) is 3.38 Å². The SMILES string of the molecule is CCCC(=O)[N](Cc1ccccc1C1C(c2ccccc2)=Cc2ccccc21)[Ti]([Cl])[Cl]. The molecule has 1 aliphatic carbocycles. The van der Waals surface area contributed by atoms with E-state index >= 15 is 0 Å². The van der Waals surface area contributed by atoms with Crippen LogP contribution in [0.15, 0.2) is 78.9 Å². The van der Waals surface area contributed by atoms with Crippen LogP contribution in [0.4, 0.5) is 0 Å². The molecule has 31 heavy (non-hydrogen) atoms. The number of hydrogen-bond acceptors (Lipinski definition) is 1. The van der Waals surface area contributed by atoms with Gasteiger partial charge in [-0.05, 0) is 0 Å². The van der Waals surface area contributed by atoms with Crippen LogP contribution in [0.5, 0.6) is 0 Å². The van der Waals surface area contributed by atoms with Gasteiger partial charge in [-0.25, -0.2) is 0 Å². The van der Waals surface area contributed by atoms with Gasteiger partial charge in [-0.15, -0.1) is 0 Å². The fourth-order valence-corrected chi connectivity index (χ4v) is 6.45. The summed E-state index contributed by atoms with van der Waals surface area (Å²) < 4.78 is 1.72. The van der Waals surface area contributed by atoms with Crippen LogP contribution in [-0.4, -0.2) is 9.29 Å². The Morgan fingerprint density at radius 3 is 2.26 bits per heavy atom. The Hall–Kier alpha value is -1.84. The third-order valence-corrected chi connectivity index (χ3v) is 8.66. The molecule has 1 aliphatic rings. The minimum absolute atomic E-state index is 0.0444. The van der Waals surface area contributed by atoms with Crippen LogP contribution in [0, 0.1) is 0 Å². The van der Waals surface area contributed by atoms with Crippen molar-refractivity contribution in [1.29, 1.82) is 0 Å². The summed E-state index contributed by atoms with van der Waals surface area (Å²) in [6, 6.07) is 27.4. The molecule has 0 saturated heterocycles. The summed E-state index contributed by atoms with van der Waals surface area (Å²) in [7, 11) is 12.7. The average Bonchev–Trinajstić information content (AvgIpc) is 3.17. The van der Waals surface area contributed by atoms with E-state index in [1.54, 1.807) is 3.38 Å². The Labute approximate surface area is 198 Å². The van der Waals surface area contributed by atoms with E-state index in [-0.39, 0.29) is 11.8 Å². The Morgan fingerprint density at radius 2 is 1.55 bits per heavy atom. The quantitative estimate of drug-likeness (QED) is 0.321. The topological polar surface area (TPSA) is 20.3 Å². The molecule has 0 aromatic heterocycles. The molecular formula is C26H24Cl2NOTi. The second-order valence-corrected chi connectivity index (χ2v) is 13.0. The maximum atomic E-state index is 12.7. The van der Waals surface area contributed by atoms with Crippen molar-refractivity contribution in [2.75, 3.05) is 0 Å². The van der Waals surface area contributed by atoms with Crippen molar-refractivity contribution in [3.8, 4) is 0 Å². The molecule has 0 aliphatic heterocycles. The van der Waals surface area contributed by atoms with E-state index in [9.17, 15) is 4.79 Å². The second kappa shape index (κ2) is 10.2. The van der Waals surface area contributed by atoms with Gasteiger partial charge in [0.1, 0.15) is 0 Å². The summed E-state index contributed by atoms with van der Waals surface area (Å²) in [6.45, 7) is 2.45. The van der Waals surface area contributed by atoms with E-state index in [4.69, 9.17) is 18.6 Å². The van der Waals surface area contributed by atoms with Crippen LogP contribution < -0.4 is 0 Å². The van der Waals surface area contributed by atoms with Gasteiger partial charge in [0.2, 0.25) is 0 Å². The summed E-state index contributed by atoms with van der Waals surface area (Å²) in [6.07, 6.45) is 3.54. The molecule has 3 aromatic carbocycles. The molecule has 0 radical (unpaired) electrons. The summed E-state index contributed by atoms with van der Waals surface area (Å²) in [4.78, 5) is 12.7. The molecule has 1 amide bonds. The van der Waals surface area contributed by atoms with E-state index in [1.165, 1.54) is 27.8 Å². The number of amides is 1. The van der Waals surface area contributed by atoms with Gasteiger partial charge in [-0.3, -0.25) is 0 Å². The number of carbonyl (C=O) groups excluding carboxylic acids is 1. The molecule has 0 bridgehead atoms. The Morgan fingerprint density at radius 1 is 0.903 bits per heavy atom. The molecule has 0 N–H and O–H groups in total. The monoisotopic (exact) mass is 484 g/mol. The van der Waals surface area contributed by atoms with E-state index in [2.05, 4.69) is 72.8 Å². The fraction of sp³-hybridized carbons (Fsp3) is 0.192. The van der Waals surface area contributed by atoms with Crippen molar-refractivity contribution in [3.05, 3.63) is 107 Å². The number of hydrogen-bond donors (Lipinski definition) is 0. The van der Waals surface area contributed by atoms with E-state index < -0.39 is 16.0 Å². The maximum absolute atomic E-state index is 12.7. The van der Waals surface area contributed by atoms with Gasteiger partial charge >= 0.3 is 199 Å². The Bertz CT molecular complexity index is 1100. The molecule has 157 valence electrons. The van der Waals surface area contributed by atoms with Crippen molar-refractivity contribution in [2.45, 2.75) is 32.2 Å². The molecule has 5 heteroatoms. The standard InChI is InChI=1S/C26H25NO.2ClH.Ti/c1-2-10-25(28)27-18-21-14-7-9-16-23(21)26-22-15-8-6-13-20(22)17-24(26)19-11-4-3-5-12-19;;;/h3-9,11-17,26H,2,10,18H2,1H3,(H,27,28);2*1H;/q;;;+3/p-3. The van der Waals surface area contributed by atoms with Gasteiger partial charge in [0.25, 0.3) is 0 Å². The zero-order valence-corrected chi connectivity index (χ0v) is 20.5. The fourth-order valence-electron chi connectivity index (χ4n) is 4.26. The van der Waals surface area contributed by atoms with Gasteiger partial charge < -0.3 is 0 Å². The number of nitrogens with zero attached hydrogens (tertiary/aromatic N) is 1. The zero-order valence-electron chi connectivity index (χ0n) is 17.4. The number of allylic oxidation sites excluding steroid dienone is 1. The Balaban J connectivity index is 1.78. The number of halogens is 2. The van der Waals surface area contributed by atoms with E-state index in [1.807, 2.05) is 19.1 Å². The van der Waals surface area contributed by atoms with Crippen molar-refractivity contribution in [3.63, 3.8) is 0 Å². The first kappa shape index (κ1) is 22.4. The first-order chi connectivity index (χ1) is 15.1. The normalized spacial score (nSPS) is 14.7. The van der Waals surface area contributed by atoms with Crippen LogP contribution in [0.25, 0.3) is 11.6 Å². The summed E-state index contributed by atoms with van der Waals surface area (Å²) in [5.74, 6) is 0.148. The van der Waals surface area contributed by atoms with Crippen LogP contribution in [0.2, 0.25) is 0 Å². The van der Waals surface area contributed by atoms with Gasteiger partial charge in [-0.1, -0.05) is 0 Å². The third kappa shape index (κ3) is 4.83. The molecule has 3 aromatic rings. The second-order valence-electron chi connectivity index (χ2n) is 7.70. The van der Waals surface area contributed by atoms with Gasteiger partial charge in [0.15, 0.2) is 0 Å². The van der Waals surface area contributed by atoms with Crippen molar-refractivity contribution < 1.29 is 20.8 Å². The van der Waals surface area contributed by atoms with Crippen LogP contribution in [0.3, 0.4) is 0 Å².